The number of pyridine rings is 1. The van der Waals surface area contributed by atoms with Crippen LogP contribution < -0.4 is 5.32 Å². The van der Waals surface area contributed by atoms with Crippen molar-refractivity contribution < 1.29 is 9.53 Å². The van der Waals surface area contributed by atoms with Crippen LogP contribution >= 0.6 is 15.9 Å². The standard InChI is InChI=1S/C12H15BrN2O2/c1-2-10-8(5-7-17-10)12(16)15-9-4-3-6-14-11(9)13/h3-4,6,8,10H,2,5,7H2,1H3,(H,15,16). The molecule has 1 N–H and O–H groups in total. The molecular weight excluding hydrogens is 284 g/mol. The van der Waals surface area contributed by atoms with Crippen LogP contribution in [0.25, 0.3) is 0 Å². The minimum atomic E-state index is -0.0490. The molecule has 5 heteroatoms. The van der Waals surface area contributed by atoms with Gasteiger partial charge in [-0.05, 0) is 40.9 Å². The van der Waals surface area contributed by atoms with Crippen molar-refractivity contribution in [2.24, 2.45) is 5.92 Å². The van der Waals surface area contributed by atoms with Gasteiger partial charge in [0.1, 0.15) is 4.60 Å². The number of rotatable bonds is 3. The van der Waals surface area contributed by atoms with Crippen molar-refractivity contribution in [3.63, 3.8) is 0 Å². The number of ether oxygens (including phenoxy) is 1. The second-order valence-electron chi connectivity index (χ2n) is 4.04. The van der Waals surface area contributed by atoms with E-state index in [1.807, 2.05) is 13.0 Å². The van der Waals surface area contributed by atoms with Gasteiger partial charge in [0, 0.05) is 12.8 Å². The number of anilines is 1. The Morgan fingerprint density at radius 2 is 2.53 bits per heavy atom. The lowest BCUT2D eigenvalue weighted by Crippen LogP contribution is -2.29. The lowest BCUT2D eigenvalue weighted by Gasteiger charge is -2.16. The molecule has 1 aliphatic heterocycles. The maximum absolute atomic E-state index is 12.1. The third-order valence-electron chi connectivity index (χ3n) is 2.97. The van der Waals surface area contributed by atoms with Gasteiger partial charge >= 0.3 is 0 Å². The number of amides is 1. The molecule has 2 atom stereocenters. The highest BCUT2D eigenvalue weighted by atomic mass is 79.9. The molecule has 2 rings (SSSR count). The monoisotopic (exact) mass is 298 g/mol. The Bertz CT molecular complexity index is 411. The summed E-state index contributed by atoms with van der Waals surface area (Å²) in [4.78, 5) is 16.2. The molecule has 4 nitrogen and oxygen atoms in total. The van der Waals surface area contributed by atoms with Gasteiger partial charge in [-0.25, -0.2) is 4.98 Å². The summed E-state index contributed by atoms with van der Waals surface area (Å²) in [5.74, 6) is -0.0323. The summed E-state index contributed by atoms with van der Waals surface area (Å²) in [6, 6.07) is 3.62. The highest BCUT2D eigenvalue weighted by Gasteiger charge is 2.32. The first-order valence-corrected chi connectivity index (χ1v) is 6.54. The van der Waals surface area contributed by atoms with Crippen LogP contribution in [-0.4, -0.2) is 23.6 Å². The average molecular weight is 299 g/mol. The van der Waals surface area contributed by atoms with Crippen LogP contribution in [0.3, 0.4) is 0 Å². The molecule has 0 radical (unpaired) electrons. The summed E-state index contributed by atoms with van der Waals surface area (Å²) < 4.78 is 6.17. The topological polar surface area (TPSA) is 51.2 Å². The van der Waals surface area contributed by atoms with Crippen molar-refractivity contribution in [3.05, 3.63) is 22.9 Å². The van der Waals surface area contributed by atoms with Gasteiger partial charge in [0.2, 0.25) is 5.91 Å². The largest absolute Gasteiger partial charge is 0.377 e. The Balaban J connectivity index is 2.04. The zero-order chi connectivity index (χ0) is 12.3. The van der Waals surface area contributed by atoms with E-state index < -0.39 is 0 Å². The molecule has 1 aliphatic rings. The fourth-order valence-corrected chi connectivity index (χ4v) is 2.40. The van der Waals surface area contributed by atoms with E-state index in [0.29, 0.717) is 16.9 Å². The molecular formula is C12H15BrN2O2. The molecule has 0 saturated carbocycles. The zero-order valence-corrected chi connectivity index (χ0v) is 11.2. The minimum absolute atomic E-state index is 0.0167. The van der Waals surface area contributed by atoms with E-state index in [1.54, 1.807) is 12.3 Å². The number of nitrogens with zero attached hydrogens (tertiary/aromatic N) is 1. The highest BCUT2D eigenvalue weighted by Crippen LogP contribution is 2.26. The summed E-state index contributed by atoms with van der Waals surface area (Å²) in [5.41, 5.74) is 0.708. The van der Waals surface area contributed by atoms with Crippen LogP contribution in [0.2, 0.25) is 0 Å². The van der Waals surface area contributed by atoms with Gasteiger partial charge in [-0.1, -0.05) is 6.92 Å². The first kappa shape index (κ1) is 12.5. The predicted molar refractivity (Wildman–Crippen MR) is 68.7 cm³/mol. The molecule has 1 saturated heterocycles. The van der Waals surface area contributed by atoms with E-state index in [4.69, 9.17) is 4.74 Å². The van der Waals surface area contributed by atoms with Crippen LogP contribution in [0, 0.1) is 5.92 Å². The van der Waals surface area contributed by atoms with E-state index in [1.165, 1.54) is 0 Å². The van der Waals surface area contributed by atoms with Crippen molar-refractivity contribution in [1.29, 1.82) is 0 Å². The second-order valence-corrected chi connectivity index (χ2v) is 4.79. The smallest absolute Gasteiger partial charge is 0.230 e. The second kappa shape index (κ2) is 5.60. The maximum atomic E-state index is 12.1. The molecule has 0 aromatic carbocycles. The molecule has 1 aromatic rings. The van der Waals surface area contributed by atoms with Crippen molar-refractivity contribution in [2.45, 2.75) is 25.9 Å². The summed E-state index contributed by atoms with van der Waals surface area (Å²) >= 11 is 3.31. The van der Waals surface area contributed by atoms with E-state index >= 15 is 0 Å². The van der Waals surface area contributed by atoms with Gasteiger partial charge in [-0.3, -0.25) is 4.79 Å². The van der Waals surface area contributed by atoms with Crippen LogP contribution in [0.4, 0.5) is 5.69 Å². The quantitative estimate of drug-likeness (QED) is 0.873. The number of carbonyl (C=O) groups is 1. The van der Waals surface area contributed by atoms with Crippen LogP contribution in [-0.2, 0) is 9.53 Å². The van der Waals surface area contributed by atoms with E-state index in [2.05, 4.69) is 26.2 Å². The van der Waals surface area contributed by atoms with E-state index in [9.17, 15) is 4.79 Å². The molecule has 1 aromatic heterocycles. The lowest BCUT2D eigenvalue weighted by molar-refractivity contribution is -0.121. The third-order valence-corrected chi connectivity index (χ3v) is 3.60. The summed E-state index contributed by atoms with van der Waals surface area (Å²) in [6.45, 7) is 2.71. The Hall–Kier alpha value is -0.940. The van der Waals surface area contributed by atoms with Crippen LogP contribution in [0.15, 0.2) is 22.9 Å². The third kappa shape index (κ3) is 2.84. The van der Waals surface area contributed by atoms with Crippen molar-refractivity contribution in [1.82, 2.24) is 4.98 Å². The number of halogens is 1. The molecule has 92 valence electrons. The van der Waals surface area contributed by atoms with Gasteiger partial charge < -0.3 is 10.1 Å². The molecule has 17 heavy (non-hydrogen) atoms. The SMILES string of the molecule is CCC1OCCC1C(=O)Nc1cccnc1Br. The summed E-state index contributed by atoms with van der Waals surface area (Å²) in [5, 5.41) is 2.89. The molecule has 0 spiro atoms. The molecule has 1 amide bonds. The molecule has 0 bridgehead atoms. The first-order chi connectivity index (χ1) is 8.22. The van der Waals surface area contributed by atoms with Gasteiger partial charge in [-0.2, -0.15) is 0 Å². The fourth-order valence-electron chi connectivity index (χ4n) is 2.06. The maximum Gasteiger partial charge on any atom is 0.230 e. The Morgan fingerprint density at radius 1 is 1.71 bits per heavy atom. The Morgan fingerprint density at radius 3 is 3.24 bits per heavy atom. The van der Waals surface area contributed by atoms with Crippen LogP contribution in [0.5, 0.6) is 0 Å². The van der Waals surface area contributed by atoms with Gasteiger partial charge in [0.15, 0.2) is 0 Å². The molecule has 2 unspecified atom stereocenters. The van der Waals surface area contributed by atoms with Gasteiger partial charge in [0.25, 0.3) is 0 Å². The van der Waals surface area contributed by atoms with Crippen molar-refractivity contribution >= 4 is 27.5 Å². The molecule has 0 aliphatic carbocycles. The average Bonchev–Trinajstić information content (AvgIpc) is 2.80. The predicted octanol–water partition coefficient (Wildman–Crippen LogP) is 2.60. The van der Waals surface area contributed by atoms with E-state index in [-0.39, 0.29) is 17.9 Å². The zero-order valence-electron chi connectivity index (χ0n) is 9.65. The van der Waals surface area contributed by atoms with Crippen molar-refractivity contribution in [3.8, 4) is 0 Å². The van der Waals surface area contributed by atoms with Gasteiger partial charge in [0.05, 0.1) is 17.7 Å². The fraction of sp³-hybridized carbons (Fsp3) is 0.500. The normalized spacial score (nSPS) is 23.6. The number of carbonyl (C=O) groups excluding carboxylic acids is 1. The Labute approximate surface area is 109 Å². The lowest BCUT2D eigenvalue weighted by atomic mass is 9.99. The number of hydrogen-bond acceptors (Lipinski definition) is 3. The number of nitrogens with one attached hydrogen (secondary N) is 1. The summed E-state index contributed by atoms with van der Waals surface area (Å²) in [7, 11) is 0. The van der Waals surface area contributed by atoms with Gasteiger partial charge in [-0.15, -0.1) is 0 Å². The Kier molecular flexibility index (Phi) is 4.12. The summed E-state index contributed by atoms with van der Waals surface area (Å²) in [6.07, 6.45) is 3.38. The molecule has 1 fully saturated rings. The number of aromatic nitrogens is 1. The van der Waals surface area contributed by atoms with Crippen LogP contribution in [0.1, 0.15) is 19.8 Å². The minimum Gasteiger partial charge on any atom is -0.377 e. The number of hydrogen-bond donors (Lipinski definition) is 1. The molecule has 2 heterocycles. The highest BCUT2D eigenvalue weighted by molar-refractivity contribution is 9.10. The van der Waals surface area contributed by atoms with E-state index in [0.717, 1.165) is 12.8 Å². The first-order valence-electron chi connectivity index (χ1n) is 5.75. The van der Waals surface area contributed by atoms with Crippen molar-refractivity contribution in [2.75, 3.05) is 11.9 Å².